The molecule has 1 aromatic carbocycles. The van der Waals surface area contributed by atoms with Gasteiger partial charge >= 0.3 is 6.09 Å². The summed E-state index contributed by atoms with van der Waals surface area (Å²) in [7, 11) is 0. The first-order valence-corrected chi connectivity index (χ1v) is 9.17. The molecule has 24 heavy (non-hydrogen) atoms. The van der Waals surface area contributed by atoms with Crippen LogP contribution >= 0.6 is 24.0 Å². The summed E-state index contributed by atoms with van der Waals surface area (Å²) in [4.78, 5) is 14.8. The molecule has 0 radical (unpaired) electrons. The molecule has 2 aliphatic heterocycles. The highest BCUT2D eigenvalue weighted by Gasteiger charge is 2.70. The summed E-state index contributed by atoms with van der Waals surface area (Å²) in [6.45, 7) is -0.0144. The lowest BCUT2D eigenvalue weighted by Crippen LogP contribution is -2.62. The normalized spacial score (nSPS) is 36.0. The van der Waals surface area contributed by atoms with E-state index in [2.05, 4.69) is 22.4 Å². The Morgan fingerprint density at radius 3 is 2.83 bits per heavy atom. The molecule has 2 saturated heterocycles. The summed E-state index contributed by atoms with van der Waals surface area (Å²) in [5.74, 6) is 0.707. The molecule has 3 rings (SSSR count). The SMILES string of the molecule is O=C1O[C@@H](CN=C=S)[C@@H]([C@]2(O)CCCCS2)[N@+]1(F)c1ccccc1. The number of para-hydroxylation sites is 1. The molecule has 1 amide bonds. The van der Waals surface area contributed by atoms with Gasteiger partial charge in [0, 0.05) is 21.3 Å². The monoisotopic (exact) mass is 369 g/mol. The number of quaternary nitrogens is 1. The van der Waals surface area contributed by atoms with Crippen molar-refractivity contribution >= 4 is 40.9 Å². The molecule has 4 atom stereocenters. The number of amides is 1. The van der Waals surface area contributed by atoms with Crippen molar-refractivity contribution in [1.29, 1.82) is 0 Å². The van der Waals surface area contributed by atoms with Crippen molar-refractivity contribution in [2.75, 3.05) is 12.3 Å². The van der Waals surface area contributed by atoms with Crippen LogP contribution in [0.25, 0.3) is 0 Å². The Balaban J connectivity index is 2.07. The molecule has 5 nitrogen and oxygen atoms in total. The van der Waals surface area contributed by atoms with Crippen LogP contribution in [0, 0.1) is 0 Å². The molecule has 0 aliphatic carbocycles. The third kappa shape index (κ3) is 2.89. The highest BCUT2D eigenvalue weighted by atomic mass is 32.2. The van der Waals surface area contributed by atoms with E-state index in [-0.39, 0.29) is 12.2 Å². The fourth-order valence-corrected chi connectivity index (χ4v) is 4.92. The van der Waals surface area contributed by atoms with Gasteiger partial charge in [0.25, 0.3) is 0 Å². The summed E-state index contributed by atoms with van der Waals surface area (Å²) in [5.41, 5.74) is 0.140. The maximum Gasteiger partial charge on any atom is 0.562 e. The highest BCUT2D eigenvalue weighted by Crippen LogP contribution is 2.48. The van der Waals surface area contributed by atoms with E-state index in [4.69, 9.17) is 4.74 Å². The molecule has 1 aromatic rings. The van der Waals surface area contributed by atoms with Crippen LogP contribution in [0.2, 0.25) is 0 Å². The molecule has 2 heterocycles. The van der Waals surface area contributed by atoms with E-state index in [0.29, 0.717) is 12.2 Å². The van der Waals surface area contributed by atoms with Gasteiger partial charge in [-0.2, -0.15) is 4.79 Å². The van der Waals surface area contributed by atoms with Gasteiger partial charge in [0.1, 0.15) is 0 Å². The summed E-state index contributed by atoms with van der Waals surface area (Å²) in [6, 6.07) is 6.99. The van der Waals surface area contributed by atoms with Crippen molar-refractivity contribution in [2.45, 2.75) is 36.3 Å². The lowest BCUT2D eigenvalue weighted by molar-refractivity contribution is -0.0377. The fourth-order valence-electron chi connectivity index (χ4n) is 3.39. The van der Waals surface area contributed by atoms with Crippen molar-refractivity contribution in [3.63, 3.8) is 0 Å². The summed E-state index contributed by atoms with van der Waals surface area (Å²) in [6.07, 6.45) is 0.193. The van der Waals surface area contributed by atoms with Gasteiger partial charge in [-0.25, -0.2) is 4.99 Å². The largest absolute Gasteiger partial charge is 0.562 e. The number of benzene rings is 1. The number of carbonyl (C=O) groups is 1. The van der Waals surface area contributed by atoms with Crippen molar-refractivity contribution in [2.24, 2.45) is 4.99 Å². The lowest BCUT2D eigenvalue weighted by Gasteiger charge is -2.38. The molecule has 2 fully saturated rings. The molecule has 0 bridgehead atoms. The number of thiocarbonyl (C=S) groups is 1. The van der Waals surface area contributed by atoms with Crippen LogP contribution in [-0.4, -0.2) is 45.7 Å². The number of ether oxygens (including phenoxy) is 1. The molecule has 1 N–H and O–H groups in total. The second kappa shape index (κ2) is 6.90. The Bertz CT molecular complexity index is 663. The number of hydrogen-bond donors (Lipinski definition) is 1. The molecular formula is C16H18FN2O3S2+. The molecule has 8 heteroatoms. The minimum absolute atomic E-state index is 0.0144. The number of cyclic esters (lactones) is 1. The van der Waals surface area contributed by atoms with E-state index in [9.17, 15) is 9.90 Å². The Morgan fingerprint density at radius 1 is 1.46 bits per heavy atom. The van der Waals surface area contributed by atoms with E-state index in [0.717, 1.165) is 12.8 Å². The standard InChI is InChI=1S/C16H18FN2O3S2/c17-19(12-6-2-1-3-7-12)14(16(21)8-4-5-9-24-16)13(10-18-11-23)22-15(19)20/h1-3,6-7,13-14,21H,4-5,8-10H2/q+1/t13-,14-,16-,19+/m0/s1. The Hall–Kier alpha value is -1.31. The predicted molar refractivity (Wildman–Crippen MR) is 94.6 cm³/mol. The molecule has 2 aliphatic rings. The summed E-state index contributed by atoms with van der Waals surface area (Å²) < 4.78 is 19.7. The van der Waals surface area contributed by atoms with Crippen LogP contribution in [0.4, 0.5) is 15.0 Å². The average molecular weight is 369 g/mol. The number of aliphatic imine (C=N–C) groups is 1. The van der Waals surface area contributed by atoms with Gasteiger partial charge in [0.2, 0.25) is 6.04 Å². The Labute approximate surface area is 149 Å². The molecule has 0 spiro atoms. The topological polar surface area (TPSA) is 58.9 Å². The second-order valence-corrected chi connectivity index (χ2v) is 7.51. The van der Waals surface area contributed by atoms with E-state index in [1.165, 1.54) is 23.9 Å². The highest BCUT2D eigenvalue weighted by molar-refractivity contribution is 8.00. The first kappa shape index (κ1) is 17.5. The number of thioether (sulfide) groups is 1. The number of isothiocyanates is 1. The Kier molecular flexibility index (Phi) is 5.03. The number of aliphatic hydroxyl groups is 1. The molecule has 128 valence electrons. The quantitative estimate of drug-likeness (QED) is 0.500. The van der Waals surface area contributed by atoms with Crippen LogP contribution < -0.4 is 4.71 Å². The van der Waals surface area contributed by atoms with Gasteiger partial charge in [0.05, 0.1) is 11.7 Å². The second-order valence-electron chi connectivity index (χ2n) is 5.92. The van der Waals surface area contributed by atoms with E-state index < -0.39 is 27.9 Å². The molecule has 0 aromatic heterocycles. The summed E-state index contributed by atoms with van der Waals surface area (Å²) in [5, 5.41) is 13.4. The predicted octanol–water partition coefficient (Wildman–Crippen LogP) is 3.47. The first-order valence-electron chi connectivity index (χ1n) is 7.77. The molecule has 0 unspecified atom stereocenters. The maximum atomic E-state index is 16.0. The summed E-state index contributed by atoms with van der Waals surface area (Å²) >= 11 is 5.84. The van der Waals surface area contributed by atoms with Gasteiger partial charge in [-0.3, -0.25) is 0 Å². The zero-order valence-corrected chi connectivity index (χ0v) is 14.6. The van der Waals surface area contributed by atoms with Crippen molar-refractivity contribution in [1.82, 2.24) is 4.71 Å². The van der Waals surface area contributed by atoms with Gasteiger partial charge < -0.3 is 9.84 Å². The number of hydrogen-bond acceptors (Lipinski definition) is 6. The van der Waals surface area contributed by atoms with Crippen LogP contribution in [-0.2, 0) is 4.74 Å². The zero-order chi connectivity index (χ0) is 17.2. The van der Waals surface area contributed by atoms with E-state index >= 15 is 4.48 Å². The first-order chi connectivity index (χ1) is 11.5. The van der Waals surface area contributed by atoms with Crippen LogP contribution in [0.15, 0.2) is 35.3 Å². The average Bonchev–Trinajstić information content (AvgIpc) is 2.87. The Morgan fingerprint density at radius 2 is 2.21 bits per heavy atom. The minimum Gasteiger partial charge on any atom is -0.405 e. The van der Waals surface area contributed by atoms with Crippen molar-refractivity contribution in [3.8, 4) is 0 Å². The van der Waals surface area contributed by atoms with Crippen LogP contribution in [0.5, 0.6) is 0 Å². The van der Waals surface area contributed by atoms with Gasteiger partial charge in [-0.15, -0.1) is 11.8 Å². The maximum absolute atomic E-state index is 16.0. The third-order valence-electron chi connectivity index (χ3n) is 4.46. The molecule has 0 saturated carbocycles. The number of halogens is 1. The van der Waals surface area contributed by atoms with Gasteiger partial charge in [0.15, 0.2) is 16.7 Å². The minimum atomic E-state index is -1.58. The van der Waals surface area contributed by atoms with Crippen LogP contribution in [0.3, 0.4) is 0 Å². The number of rotatable bonds is 4. The fraction of sp³-hybridized carbons (Fsp3) is 0.500. The lowest BCUT2D eigenvalue weighted by atomic mass is 9.97. The number of carbonyl (C=O) groups excluding carboxylic acids is 1. The molecular weight excluding hydrogens is 351 g/mol. The van der Waals surface area contributed by atoms with Gasteiger partial charge in [-0.05, 0) is 37.2 Å². The van der Waals surface area contributed by atoms with E-state index in [1.807, 2.05) is 0 Å². The third-order valence-corrected chi connectivity index (χ3v) is 6.03. The smallest absolute Gasteiger partial charge is 0.405 e. The van der Waals surface area contributed by atoms with Crippen LogP contribution in [0.1, 0.15) is 19.3 Å². The van der Waals surface area contributed by atoms with Crippen molar-refractivity contribution < 1.29 is 19.1 Å². The van der Waals surface area contributed by atoms with E-state index in [1.54, 1.807) is 18.2 Å². The zero-order valence-electron chi connectivity index (χ0n) is 12.9. The van der Waals surface area contributed by atoms with Crippen molar-refractivity contribution in [3.05, 3.63) is 30.3 Å². The number of nitrogens with zero attached hydrogens (tertiary/aromatic N) is 2. The van der Waals surface area contributed by atoms with Gasteiger partial charge in [-0.1, -0.05) is 18.2 Å².